The Bertz CT molecular complexity index is 1530. The van der Waals surface area contributed by atoms with E-state index in [0.717, 1.165) is 35.6 Å². The number of fused-ring (bicyclic) bond motifs is 1. The summed E-state index contributed by atoms with van der Waals surface area (Å²) in [5.41, 5.74) is 1.45. The Balaban J connectivity index is 1.29. The molecule has 0 aliphatic heterocycles. The Hall–Kier alpha value is -4.24. The molecule has 0 spiro atoms. The van der Waals surface area contributed by atoms with Crippen LogP contribution in [0.2, 0.25) is 0 Å². The van der Waals surface area contributed by atoms with E-state index in [2.05, 4.69) is 41.6 Å². The number of hydrogen-bond donors (Lipinski definition) is 3. The van der Waals surface area contributed by atoms with Crippen LogP contribution in [-0.4, -0.2) is 46.3 Å². The molecular weight excluding hydrogens is 594 g/mol. The third kappa shape index (κ3) is 10.9. The number of hydrogen-bond acceptors (Lipinski definition) is 7. The van der Waals surface area contributed by atoms with Crippen LogP contribution in [0, 0.1) is 17.8 Å². The number of alkyl carbamates (subject to hydrolysis) is 1. The van der Waals surface area contributed by atoms with Gasteiger partial charge in [-0.25, -0.2) is 4.79 Å². The molecule has 0 bridgehead atoms. The molecule has 1 saturated carbocycles. The molecule has 3 N–H and O–H groups in total. The third-order valence-electron chi connectivity index (χ3n) is 8.81. The predicted octanol–water partition coefficient (Wildman–Crippen LogP) is 7.29. The van der Waals surface area contributed by atoms with E-state index in [-0.39, 0.29) is 31.1 Å². The smallest absolute Gasteiger partial charge is 0.407 e. The van der Waals surface area contributed by atoms with Crippen molar-refractivity contribution in [3.8, 4) is 0 Å². The average Bonchev–Trinajstić information content (AvgIpc) is 3.27. The molecule has 1 aromatic heterocycles. The van der Waals surface area contributed by atoms with Crippen LogP contribution >= 0.6 is 0 Å². The molecular formula is C38H49N3O6. The standard InChI is InChI=1S/C38H49N3O6/c1-25-20-34(42)26(2)32(25)10-8-6-7-9-11-35(43)46-24-27-12-14-28(15-13-27)33(23-40-37(45)47-38(3,4)5)36(44)41-31-17-16-30-22-39-19-18-29(30)21-31/h6,8,12-19,21-22,25-26,32-34,42H,7,9-11,20,23-24H2,1-5H3,(H,40,45)(H,41,44)/b8-6-/t25-,26+,32?,33?,34+/m0/s1. The lowest BCUT2D eigenvalue weighted by Crippen LogP contribution is -2.37. The number of aromatic nitrogens is 1. The van der Waals surface area contributed by atoms with Gasteiger partial charge in [0.1, 0.15) is 12.2 Å². The number of esters is 1. The molecule has 2 unspecified atom stereocenters. The van der Waals surface area contributed by atoms with Crippen LogP contribution in [0.25, 0.3) is 10.8 Å². The first-order chi connectivity index (χ1) is 22.4. The van der Waals surface area contributed by atoms with Crippen LogP contribution in [-0.2, 0) is 25.7 Å². The van der Waals surface area contributed by atoms with Gasteiger partial charge in [0, 0.05) is 36.4 Å². The fourth-order valence-corrected chi connectivity index (χ4v) is 6.09. The van der Waals surface area contributed by atoms with Gasteiger partial charge in [0.25, 0.3) is 0 Å². The number of aliphatic hydroxyl groups excluding tert-OH is 1. The zero-order valence-electron chi connectivity index (χ0n) is 28.2. The summed E-state index contributed by atoms with van der Waals surface area (Å²) in [7, 11) is 0. The molecule has 1 aliphatic rings. The SMILES string of the molecule is C[C@@H]1C(C/C=C\CCCC(=O)OCc2ccc(C(CNC(=O)OC(C)(C)C)C(=O)Nc3ccc4cnccc4c3)cc2)[C@@H](C)C[C@H]1O. The van der Waals surface area contributed by atoms with Crippen molar-refractivity contribution < 1.29 is 29.0 Å². The van der Waals surface area contributed by atoms with E-state index in [1.807, 2.05) is 48.5 Å². The van der Waals surface area contributed by atoms with Crippen molar-refractivity contribution in [1.82, 2.24) is 10.3 Å². The topological polar surface area (TPSA) is 127 Å². The Morgan fingerprint density at radius 1 is 1.04 bits per heavy atom. The van der Waals surface area contributed by atoms with Gasteiger partial charge >= 0.3 is 12.1 Å². The molecule has 9 heteroatoms. The number of nitrogens with one attached hydrogen (secondary N) is 2. The van der Waals surface area contributed by atoms with Crippen LogP contribution < -0.4 is 10.6 Å². The van der Waals surface area contributed by atoms with Crippen molar-refractivity contribution in [3.05, 3.63) is 84.2 Å². The van der Waals surface area contributed by atoms with Crippen molar-refractivity contribution in [2.45, 2.75) is 91.0 Å². The highest BCUT2D eigenvalue weighted by Crippen LogP contribution is 2.39. The minimum absolute atomic E-state index is 0.0295. The van der Waals surface area contributed by atoms with E-state index in [9.17, 15) is 19.5 Å². The maximum Gasteiger partial charge on any atom is 0.407 e. The number of benzene rings is 2. The van der Waals surface area contributed by atoms with Crippen molar-refractivity contribution in [2.75, 3.05) is 11.9 Å². The Morgan fingerprint density at radius 2 is 1.81 bits per heavy atom. The van der Waals surface area contributed by atoms with E-state index < -0.39 is 17.6 Å². The number of nitrogens with zero attached hydrogens (tertiary/aromatic N) is 1. The predicted molar refractivity (Wildman–Crippen MR) is 184 cm³/mol. The summed E-state index contributed by atoms with van der Waals surface area (Å²) in [6.45, 7) is 9.83. The fourth-order valence-electron chi connectivity index (χ4n) is 6.09. The van der Waals surface area contributed by atoms with Crippen LogP contribution in [0.15, 0.2) is 73.1 Å². The number of aliphatic hydroxyl groups is 1. The number of anilines is 1. The molecule has 0 saturated heterocycles. The quantitative estimate of drug-likeness (QED) is 0.101. The van der Waals surface area contributed by atoms with Gasteiger partial charge < -0.3 is 25.2 Å². The molecule has 47 heavy (non-hydrogen) atoms. The molecule has 1 aliphatic carbocycles. The van der Waals surface area contributed by atoms with Gasteiger partial charge in [-0.15, -0.1) is 0 Å². The lowest BCUT2D eigenvalue weighted by Gasteiger charge is -2.22. The van der Waals surface area contributed by atoms with Crippen molar-refractivity contribution >= 4 is 34.4 Å². The molecule has 1 fully saturated rings. The summed E-state index contributed by atoms with van der Waals surface area (Å²) in [5.74, 6) is 0.112. The number of rotatable bonds is 13. The maximum atomic E-state index is 13.5. The number of pyridine rings is 1. The van der Waals surface area contributed by atoms with Crippen molar-refractivity contribution in [2.24, 2.45) is 17.8 Å². The fraction of sp³-hybridized carbons (Fsp3) is 0.474. The molecule has 0 radical (unpaired) electrons. The summed E-state index contributed by atoms with van der Waals surface area (Å²) in [6, 6.07) is 14.7. The van der Waals surface area contributed by atoms with Crippen molar-refractivity contribution in [3.63, 3.8) is 0 Å². The Morgan fingerprint density at radius 3 is 2.51 bits per heavy atom. The summed E-state index contributed by atoms with van der Waals surface area (Å²) < 4.78 is 10.9. The van der Waals surface area contributed by atoms with E-state index in [4.69, 9.17) is 9.47 Å². The molecule has 2 amide bonds. The number of carbonyl (C=O) groups is 3. The lowest BCUT2D eigenvalue weighted by atomic mass is 9.88. The molecule has 4 rings (SSSR count). The molecule has 3 aromatic rings. The maximum absolute atomic E-state index is 13.5. The second-order valence-electron chi connectivity index (χ2n) is 13.7. The highest BCUT2D eigenvalue weighted by molar-refractivity contribution is 5.98. The number of unbranched alkanes of at least 4 members (excludes halogenated alkanes) is 1. The molecule has 1 heterocycles. The highest BCUT2D eigenvalue weighted by Gasteiger charge is 2.36. The lowest BCUT2D eigenvalue weighted by molar-refractivity contribution is -0.145. The van der Waals surface area contributed by atoms with Crippen LogP contribution in [0.1, 0.15) is 83.8 Å². The Labute approximate surface area is 278 Å². The second-order valence-corrected chi connectivity index (χ2v) is 13.7. The van der Waals surface area contributed by atoms with Crippen molar-refractivity contribution in [1.29, 1.82) is 0 Å². The zero-order valence-corrected chi connectivity index (χ0v) is 28.2. The first-order valence-corrected chi connectivity index (χ1v) is 16.6. The van der Waals surface area contributed by atoms with Gasteiger partial charge in [-0.05, 0) is 98.9 Å². The first kappa shape index (κ1) is 35.6. The van der Waals surface area contributed by atoms with Gasteiger partial charge in [0.05, 0.1) is 12.0 Å². The van der Waals surface area contributed by atoms with Gasteiger partial charge in [0.2, 0.25) is 5.91 Å². The summed E-state index contributed by atoms with van der Waals surface area (Å²) in [4.78, 5) is 42.4. The van der Waals surface area contributed by atoms with E-state index in [0.29, 0.717) is 41.8 Å². The number of ether oxygens (including phenoxy) is 2. The van der Waals surface area contributed by atoms with Gasteiger partial charge in [0.15, 0.2) is 0 Å². The minimum Gasteiger partial charge on any atom is -0.461 e. The number of amides is 2. The van der Waals surface area contributed by atoms with Gasteiger partial charge in [-0.2, -0.15) is 0 Å². The third-order valence-corrected chi connectivity index (χ3v) is 8.81. The van der Waals surface area contributed by atoms with Crippen LogP contribution in [0.4, 0.5) is 10.5 Å². The van der Waals surface area contributed by atoms with Gasteiger partial charge in [-0.3, -0.25) is 14.6 Å². The van der Waals surface area contributed by atoms with E-state index >= 15 is 0 Å². The molecule has 5 atom stereocenters. The summed E-state index contributed by atoms with van der Waals surface area (Å²) >= 11 is 0. The van der Waals surface area contributed by atoms with E-state index in [1.165, 1.54) is 0 Å². The van der Waals surface area contributed by atoms with E-state index in [1.54, 1.807) is 33.2 Å². The minimum atomic E-state index is -0.703. The molecule has 9 nitrogen and oxygen atoms in total. The number of carbonyl (C=O) groups excluding carboxylic acids is 3. The first-order valence-electron chi connectivity index (χ1n) is 16.6. The largest absolute Gasteiger partial charge is 0.461 e. The van der Waals surface area contributed by atoms with Crippen LogP contribution in [0.3, 0.4) is 0 Å². The monoisotopic (exact) mass is 643 g/mol. The summed E-state index contributed by atoms with van der Waals surface area (Å²) in [6.07, 6.45) is 10.6. The summed E-state index contributed by atoms with van der Waals surface area (Å²) in [5, 5.41) is 17.7. The average molecular weight is 644 g/mol. The van der Waals surface area contributed by atoms with Gasteiger partial charge in [-0.1, -0.05) is 56.3 Å². The number of allylic oxidation sites excluding steroid dienone is 2. The van der Waals surface area contributed by atoms with Crippen LogP contribution in [0.5, 0.6) is 0 Å². The normalized spacial score (nSPS) is 20.2. The highest BCUT2D eigenvalue weighted by atomic mass is 16.6. The molecule has 252 valence electrons. The second kappa shape index (κ2) is 16.5. The molecule has 2 aromatic carbocycles. The Kier molecular flexibility index (Phi) is 12.5. The zero-order chi connectivity index (χ0) is 34.0.